The van der Waals surface area contributed by atoms with Gasteiger partial charge in [-0.05, 0) is 29.8 Å². The Morgan fingerprint density at radius 3 is 2.96 bits per heavy atom. The number of carbonyl (C=O) groups excluding carboxylic acids is 1. The summed E-state index contributed by atoms with van der Waals surface area (Å²) in [6, 6.07) is 7.24. The van der Waals surface area contributed by atoms with Crippen LogP contribution in [0.2, 0.25) is 5.02 Å². The largest absolute Gasteiger partial charge is 0.337 e. The normalized spacial score (nSPS) is 18.5. The lowest BCUT2D eigenvalue weighted by Gasteiger charge is -2.30. The molecule has 126 valence electrons. The second-order valence-electron chi connectivity index (χ2n) is 5.61. The van der Waals surface area contributed by atoms with Crippen LogP contribution in [0.5, 0.6) is 0 Å². The summed E-state index contributed by atoms with van der Waals surface area (Å²) in [7, 11) is -1.87. The van der Waals surface area contributed by atoms with Crippen LogP contribution in [0, 0.1) is 0 Å². The van der Waals surface area contributed by atoms with Crippen LogP contribution in [-0.2, 0) is 21.4 Å². The molecule has 0 spiro atoms. The van der Waals surface area contributed by atoms with Gasteiger partial charge in [-0.15, -0.1) is 4.40 Å². The number of hydrogen-bond donors (Lipinski definition) is 0. The molecule has 0 bridgehead atoms. The number of allylic oxidation sites excluding steroid dienone is 2. The fraction of sp³-hybridized carbons (Fsp3) is 0.250. The Bertz CT molecular complexity index is 874. The van der Waals surface area contributed by atoms with Crippen LogP contribution in [0.25, 0.3) is 0 Å². The molecule has 2 aliphatic rings. The van der Waals surface area contributed by atoms with Gasteiger partial charge in [-0.3, -0.25) is 4.79 Å². The molecule has 0 aliphatic carbocycles. The third-order valence-electron chi connectivity index (χ3n) is 3.74. The summed E-state index contributed by atoms with van der Waals surface area (Å²) >= 11 is 5.96. The number of benzene rings is 1. The van der Waals surface area contributed by atoms with Crippen molar-refractivity contribution in [3.8, 4) is 0 Å². The molecule has 6 nitrogen and oxygen atoms in total. The van der Waals surface area contributed by atoms with Gasteiger partial charge in [-0.1, -0.05) is 23.7 Å². The van der Waals surface area contributed by atoms with Gasteiger partial charge in [-0.2, -0.15) is 0 Å². The molecule has 8 heteroatoms. The number of likely N-dealkylation sites (N-methyl/N-ethyl adjacent to an activating group) is 1. The number of carbonyl (C=O) groups is 1. The van der Waals surface area contributed by atoms with Crippen molar-refractivity contribution in [2.75, 3.05) is 19.3 Å². The van der Waals surface area contributed by atoms with E-state index in [0.717, 1.165) is 5.56 Å². The van der Waals surface area contributed by atoms with E-state index >= 15 is 0 Å². The van der Waals surface area contributed by atoms with Gasteiger partial charge in [0.25, 0.3) is 15.9 Å². The van der Waals surface area contributed by atoms with E-state index in [4.69, 9.17) is 11.6 Å². The molecule has 0 N–H and O–H groups in total. The minimum absolute atomic E-state index is 0.0549. The Kier molecular flexibility index (Phi) is 4.47. The van der Waals surface area contributed by atoms with Crippen LogP contribution in [0.1, 0.15) is 5.56 Å². The standard InChI is InChI=1S/C16H16ClN3O3S/c1-19(11-12-4-2-5-13(17)10-12)16(21)14-6-3-7-20-8-9-24(22,23)18-15(14)20/h2-7,10H,8-9,11H2,1H3. The van der Waals surface area contributed by atoms with Crippen molar-refractivity contribution in [3.63, 3.8) is 0 Å². The van der Waals surface area contributed by atoms with Crippen molar-refractivity contribution in [2.45, 2.75) is 6.54 Å². The van der Waals surface area contributed by atoms with Gasteiger partial charge in [-0.25, -0.2) is 8.42 Å². The van der Waals surface area contributed by atoms with Crippen LogP contribution >= 0.6 is 11.6 Å². The molecule has 3 rings (SSSR count). The molecule has 0 atom stereocenters. The molecule has 0 saturated heterocycles. The van der Waals surface area contributed by atoms with E-state index in [1.807, 2.05) is 12.1 Å². The van der Waals surface area contributed by atoms with E-state index in [-0.39, 0.29) is 23.1 Å². The maximum absolute atomic E-state index is 12.7. The summed E-state index contributed by atoms with van der Waals surface area (Å²) in [6.45, 7) is 0.654. The highest BCUT2D eigenvalue weighted by atomic mass is 35.5. The minimum Gasteiger partial charge on any atom is -0.337 e. The number of fused-ring (bicyclic) bond motifs is 1. The highest BCUT2D eigenvalue weighted by molar-refractivity contribution is 7.90. The predicted molar refractivity (Wildman–Crippen MR) is 93.1 cm³/mol. The van der Waals surface area contributed by atoms with Crippen molar-refractivity contribution in [1.82, 2.24) is 9.80 Å². The van der Waals surface area contributed by atoms with Crippen molar-refractivity contribution < 1.29 is 13.2 Å². The Hall–Kier alpha value is -2.12. The topological polar surface area (TPSA) is 70.1 Å². The van der Waals surface area contributed by atoms with Gasteiger partial charge in [0, 0.05) is 31.4 Å². The SMILES string of the molecule is CN(Cc1cccc(Cl)c1)C(=O)C1=CC=CN2CCS(=O)(=O)N=C12. The van der Waals surface area contributed by atoms with E-state index in [1.54, 1.807) is 42.4 Å². The van der Waals surface area contributed by atoms with E-state index in [2.05, 4.69) is 4.40 Å². The molecule has 0 unspecified atom stereocenters. The number of amidine groups is 1. The summed E-state index contributed by atoms with van der Waals surface area (Å²) in [6.07, 6.45) is 5.03. The Morgan fingerprint density at radius 1 is 1.42 bits per heavy atom. The maximum Gasteiger partial charge on any atom is 0.257 e. The number of sulfonamides is 1. The second kappa shape index (κ2) is 6.41. The number of amides is 1. The highest BCUT2D eigenvalue weighted by Crippen LogP contribution is 2.20. The zero-order valence-electron chi connectivity index (χ0n) is 13.0. The molecule has 24 heavy (non-hydrogen) atoms. The molecule has 0 fully saturated rings. The predicted octanol–water partition coefficient (Wildman–Crippen LogP) is 1.80. The average Bonchev–Trinajstić information content (AvgIpc) is 2.53. The van der Waals surface area contributed by atoms with E-state index in [9.17, 15) is 13.2 Å². The number of hydrogen-bond acceptors (Lipinski definition) is 4. The van der Waals surface area contributed by atoms with Gasteiger partial charge in [0.15, 0.2) is 5.84 Å². The van der Waals surface area contributed by atoms with Gasteiger partial charge in [0.1, 0.15) is 0 Å². The number of halogens is 1. The zero-order chi connectivity index (χ0) is 17.3. The van der Waals surface area contributed by atoms with Crippen molar-refractivity contribution in [2.24, 2.45) is 4.40 Å². The van der Waals surface area contributed by atoms with Gasteiger partial charge >= 0.3 is 0 Å². The highest BCUT2D eigenvalue weighted by Gasteiger charge is 2.31. The fourth-order valence-corrected chi connectivity index (χ4v) is 3.77. The quantitative estimate of drug-likeness (QED) is 0.819. The van der Waals surface area contributed by atoms with Crippen LogP contribution < -0.4 is 0 Å². The number of rotatable bonds is 3. The monoisotopic (exact) mass is 365 g/mol. The van der Waals surface area contributed by atoms with Gasteiger partial charge in [0.05, 0.1) is 11.3 Å². The lowest BCUT2D eigenvalue weighted by atomic mass is 10.1. The second-order valence-corrected chi connectivity index (χ2v) is 7.80. The first-order valence-electron chi connectivity index (χ1n) is 7.34. The van der Waals surface area contributed by atoms with Crippen LogP contribution in [-0.4, -0.2) is 49.3 Å². The van der Waals surface area contributed by atoms with E-state index in [1.165, 1.54) is 4.90 Å². The summed E-state index contributed by atoms with van der Waals surface area (Å²) in [5.74, 6) is -0.160. The van der Waals surface area contributed by atoms with E-state index < -0.39 is 10.0 Å². The molecule has 2 aliphatic heterocycles. The summed E-state index contributed by atoms with van der Waals surface area (Å²) in [5, 5.41) is 0.599. The average molecular weight is 366 g/mol. The number of nitrogens with zero attached hydrogens (tertiary/aromatic N) is 3. The van der Waals surface area contributed by atoms with Crippen LogP contribution in [0.3, 0.4) is 0 Å². The molecular formula is C16H16ClN3O3S. The first kappa shape index (κ1) is 16.7. The first-order chi connectivity index (χ1) is 11.4. The van der Waals surface area contributed by atoms with Crippen molar-refractivity contribution >= 4 is 33.4 Å². The smallest absolute Gasteiger partial charge is 0.257 e. The lowest BCUT2D eigenvalue weighted by molar-refractivity contribution is -0.125. The Balaban J connectivity index is 1.84. The summed E-state index contributed by atoms with van der Waals surface area (Å²) in [4.78, 5) is 15.9. The third-order valence-corrected chi connectivity index (χ3v) is 5.13. The van der Waals surface area contributed by atoms with Gasteiger partial charge < -0.3 is 9.80 Å². The van der Waals surface area contributed by atoms with Gasteiger partial charge in [0.2, 0.25) is 0 Å². The first-order valence-corrected chi connectivity index (χ1v) is 9.32. The molecule has 0 aromatic heterocycles. The molecular weight excluding hydrogens is 350 g/mol. The molecule has 2 heterocycles. The molecule has 0 saturated carbocycles. The summed E-state index contributed by atoms with van der Waals surface area (Å²) < 4.78 is 27.3. The third kappa shape index (κ3) is 3.52. The lowest BCUT2D eigenvalue weighted by Crippen LogP contribution is -2.42. The fourth-order valence-electron chi connectivity index (χ4n) is 2.57. The summed E-state index contributed by atoms with van der Waals surface area (Å²) in [5.41, 5.74) is 1.16. The molecule has 1 aromatic rings. The van der Waals surface area contributed by atoms with Crippen LogP contribution in [0.4, 0.5) is 0 Å². The zero-order valence-corrected chi connectivity index (χ0v) is 14.6. The maximum atomic E-state index is 12.7. The molecule has 1 amide bonds. The Labute approximate surface area is 145 Å². The molecule has 1 aromatic carbocycles. The van der Waals surface area contributed by atoms with E-state index in [0.29, 0.717) is 18.1 Å². The van der Waals surface area contributed by atoms with Crippen molar-refractivity contribution in [1.29, 1.82) is 0 Å². The molecule has 0 radical (unpaired) electrons. The van der Waals surface area contributed by atoms with Crippen molar-refractivity contribution in [3.05, 3.63) is 58.8 Å². The Morgan fingerprint density at radius 2 is 2.21 bits per heavy atom. The van der Waals surface area contributed by atoms with Crippen LogP contribution in [0.15, 0.2) is 52.6 Å². The minimum atomic E-state index is -3.53.